The van der Waals surface area contributed by atoms with Gasteiger partial charge in [-0.25, -0.2) is 0 Å². The molecule has 2 aromatic carbocycles. The van der Waals surface area contributed by atoms with Crippen LogP contribution in [0.25, 0.3) is 10.8 Å². The van der Waals surface area contributed by atoms with Gasteiger partial charge in [0.15, 0.2) is 6.61 Å². The summed E-state index contributed by atoms with van der Waals surface area (Å²) < 4.78 is 5.74. The third-order valence-corrected chi connectivity index (χ3v) is 3.99. The van der Waals surface area contributed by atoms with Gasteiger partial charge in [-0.05, 0) is 24.3 Å². The maximum absolute atomic E-state index is 12.2. The van der Waals surface area contributed by atoms with Crippen LogP contribution in [0.15, 0.2) is 42.5 Å². The SMILES string of the molecule is Cl.NC1CCN(C(=O)COc2cccc3ccccc23)CC1. The van der Waals surface area contributed by atoms with Gasteiger partial charge < -0.3 is 15.4 Å². The molecule has 0 aliphatic carbocycles. The number of nitrogens with zero attached hydrogens (tertiary/aromatic N) is 1. The van der Waals surface area contributed by atoms with Crippen LogP contribution < -0.4 is 10.5 Å². The van der Waals surface area contributed by atoms with Crippen LogP contribution in [0.3, 0.4) is 0 Å². The molecule has 1 aliphatic heterocycles. The molecule has 1 aliphatic rings. The molecule has 22 heavy (non-hydrogen) atoms. The van der Waals surface area contributed by atoms with Crippen molar-refractivity contribution in [3.8, 4) is 5.75 Å². The number of likely N-dealkylation sites (tertiary alicyclic amines) is 1. The summed E-state index contributed by atoms with van der Waals surface area (Å²) in [6, 6.07) is 14.1. The maximum Gasteiger partial charge on any atom is 0.260 e. The topological polar surface area (TPSA) is 55.6 Å². The third-order valence-electron chi connectivity index (χ3n) is 3.99. The molecule has 2 aromatic rings. The second-order valence-corrected chi connectivity index (χ2v) is 5.48. The summed E-state index contributed by atoms with van der Waals surface area (Å²) in [4.78, 5) is 14.0. The highest BCUT2D eigenvalue weighted by Gasteiger charge is 2.20. The Hall–Kier alpha value is -1.78. The molecule has 0 unspecified atom stereocenters. The van der Waals surface area contributed by atoms with E-state index in [2.05, 4.69) is 0 Å². The lowest BCUT2D eigenvalue weighted by molar-refractivity contribution is -0.134. The van der Waals surface area contributed by atoms with Crippen LogP contribution >= 0.6 is 12.4 Å². The number of benzene rings is 2. The van der Waals surface area contributed by atoms with Crippen LogP contribution in [0.5, 0.6) is 5.75 Å². The molecule has 0 atom stereocenters. The van der Waals surface area contributed by atoms with E-state index in [0.29, 0.717) is 0 Å². The van der Waals surface area contributed by atoms with Gasteiger partial charge in [-0.2, -0.15) is 0 Å². The van der Waals surface area contributed by atoms with Gasteiger partial charge in [0.2, 0.25) is 0 Å². The Bertz CT molecular complexity index is 634. The van der Waals surface area contributed by atoms with Crippen LogP contribution in [0.1, 0.15) is 12.8 Å². The fraction of sp³-hybridized carbons (Fsp3) is 0.353. The Kier molecular flexibility index (Phi) is 5.63. The number of carbonyl (C=O) groups excluding carboxylic acids is 1. The molecule has 1 saturated heterocycles. The molecule has 0 spiro atoms. The number of nitrogens with two attached hydrogens (primary N) is 1. The summed E-state index contributed by atoms with van der Waals surface area (Å²) in [5, 5.41) is 2.15. The van der Waals surface area contributed by atoms with E-state index in [9.17, 15) is 4.79 Å². The van der Waals surface area contributed by atoms with Crippen LogP contribution in [0.4, 0.5) is 0 Å². The summed E-state index contributed by atoms with van der Waals surface area (Å²) in [6.07, 6.45) is 1.75. The van der Waals surface area contributed by atoms with Gasteiger partial charge in [0, 0.05) is 24.5 Å². The lowest BCUT2D eigenvalue weighted by atomic mass is 10.1. The van der Waals surface area contributed by atoms with E-state index in [-0.39, 0.29) is 31.0 Å². The van der Waals surface area contributed by atoms with Gasteiger partial charge in [-0.15, -0.1) is 12.4 Å². The fourth-order valence-corrected chi connectivity index (χ4v) is 2.70. The van der Waals surface area contributed by atoms with E-state index in [4.69, 9.17) is 10.5 Å². The maximum atomic E-state index is 12.2. The van der Waals surface area contributed by atoms with Gasteiger partial charge in [0.05, 0.1) is 0 Å². The van der Waals surface area contributed by atoms with Gasteiger partial charge >= 0.3 is 0 Å². The molecule has 0 bridgehead atoms. The van der Waals surface area contributed by atoms with Crippen LogP contribution in [0.2, 0.25) is 0 Å². The number of halogens is 1. The highest BCUT2D eigenvalue weighted by Crippen LogP contribution is 2.25. The molecule has 118 valence electrons. The minimum absolute atomic E-state index is 0. The van der Waals surface area contributed by atoms with Crippen molar-refractivity contribution in [1.82, 2.24) is 4.90 Å². The van der Waals surface area contributed by atoms with Crippen molar-refractivity contribution in [3.63, 3.8) is 0 Å². The molecule has 1 amide bonds. The first-order chi connectivity index (χ1) is 10.2. The van der Waals surface area contributed by atoms with E-state index in [0.717, 1.165) is 42.5 Å². The minimum atomic E-state index is 0. The zero-order valence-electron chi connectivity index (χ0n) is 12.4. The summed E-state index contributed by atoms with van der Waals surface area (Å²) in [5.74, 6) is 0.796. The summed E-state index contributed by atoms with van der Waals surface area (Å²) in [7, 11) is 0. The first-order valence-corrected chi connectivity index (χ1v) is 7.38. The Balaban J connectivity index is 0.00000176. The normalized spacial score (nSPS) is 15.4. The summed E-state index contributed by atoms with van der Waals surface area (Å²) in [6.45, 7) is 1.56. The number of hydrogen-bond acceptors (Lipinski definition) is 3. The Morgan fingerprint density at radius 1 is 1.14 bits per heavy atom. The zero-order valence-corrected chi connectivity index (χ0v) is 13.2. The second-order valence-electron chi connectivity index (χ2n) is 5.48. The number of amides is 1. The van der Waals surface area contributed by atoms with E-state index in [1.54, 1.807) is 0 Å². The smallest absolute Gasteiger partial charge is 0.260 e. The van der Waals surface area contributed by atoms with Crippen molar-refractivity contribution in [2.45, 2.75) is 18.9 Å². The molecule has 0 saturated carbocycles. The second kappa shape index (κ2) is 7.47. The van der Waals surface area contributed by atoms with E-state index < -0.39 is 0 Å². The van der Waals surface area contributed by atoms with Gasteiger partial charge in [0.25, 0.3) is 5.91 Å². The lowest BCUT2D eigenvalue weighted by Crippen LogP contribution is -2.44. The van der Waals surface area contributed by atoms with Crippen molar-refractivity contribution in [2.75, 3.05) is 19.7 Å². The molecule has 2 N–H and O–H groups in total. The monoisotopic (exact) mass is 320 g/mol. The van der Waals surface area contributed by atoms with Crippen molar-refractivity contribution >= 4 is 29.1 Å². The van der Waals surface area contributed by atoms with Crippen LogP contribution in [0, 0.1) is 0 Å². The number of rotatable bonds is 3. The molecule has 0 radical (unpaired) electrons. The first kappa shape index (κ1) is 16.6. The van der Waals surface area contributed by atoms with E-state index >= 15 is 0 Å². The predicted molar refractivity (Wildman–Crippen MR) is 90.5 cm³/mol. The standard InChI is InChI=1S/C17H20N2O2.ClH/c18-14-8-10-19(11-9-14)17(20)12-21-16-7-3-5-13-4-1-2-6-15(13)16;/h1-7,14H,8-12,18H2;1H. The van der Waals surface area contributed by atoms with E-state index in [1.807, 2.05) is 47.4 Å². The molecule has 0 aromatic heterocycles. The van der Waals surface area contributed by atoms with Gasteiger partial charge in [-0.1, -0.05) is 36.4 Å². The molecule has 5 heteroatoms. The third kappa shape index (κ3) is 3.70. The molecular weight excluding hydrogens is 300 g/mol. The van der Waals surface area contributed by atoms with Crippen LogP contribution in [-0.4, -0.2) is 36.5 Å². The Labute approximate surface area is 136 Å². The number of piperidine rings is 1. The molecule has 1 fully saturated rings. The Morgan fingerprint density at radius 3 is 2.59 bits per heavy atom. The number of hydrogen-bond donors (Lipinski definition) is 1. The highest BCUT2D eigenvalue weighted by molar-refractivity contribution is 5.88. The number of ether oxygens (including phenoxy) is 1. The van der Waals surface area contributed by atoms with Crippen LogP contribution in [-0.2, 0) is 4.79 Å². The fourth-order valence-electron chi connectivity index (χ4n) is 2.70. The van der Waals surface area contributed by atoms with Gasteiger partial charge in [0.1, 0.15) is 5.75 Å². The predicted octanol–water partition coefficient (Wildman–Crippen LogP) is 2.59. The zero-order chi connectivity index (χ0) is 14.7. The van der Waals surface area contributed by atoms with Crippen molar-refractivity contribution < 1.29 is 9.53 Å². The van der Waals surface area contributed by atoms with Gasteiger partial charge in [-0.3, -0.25) is 4.79 Å². The summed E-state index contributed by atoms with van der Waals surface area (Å²) >= 11 is 0. The number of carbonyl (C=O) groups is 1. The quantitative estimate of drug-likeness (QED) is 0.945. The minimum Gasteiger partial charge on any atom is -0.483 e. The van der Waals surface area contributed by atoms with Crippen molar-refractivity contribution in [3.05, 3.63) is 42.5 Å². The first-order valence-electron chi connectivity index (χ1n) is 7.38. The summed E-state index contributed by atoms with van der Waals surface area (Å²) in [5.41, 5.74) is 5.86. The van der Waals surface area contributed by atoms with E-state index in [1.165, 1.54) is 0 Å². The average molecular weight is 321 g/mol. The number of fused-ring (bicyclic) bond motifs is 1. The highest BCUT2D eigenvalue weighted by atomic mass is 35.5. The molecule has 4 nitrogen and oxygen atoms in total. The molecular formula is C17H21ClN2O2. The van der Waals surface area contributed by atoms with Crippen molar-refractivity contribution in [1.29, 1.82) is 0 Å². The lowest BCUT2D eigenvalue weighted by Gasteiger charge is -2.30. The average Bonchev–Trinajstić information content (AvgIpc) is 2.53. The largest absolute Gasteiger partial charge is 0.483 e. The van der Waals surface area contributed by atoms with Crippen molar-refractivity contribution in [2.24, 2.45) is 5.73 Å². The molecule has 3 rings (SSSR count). The molecule has 1 heterocycles. The Morgan fingerprint density at radius 2 is 1.82 bits per heavy atom.